The van der Waals surface area contributed by atoms with E-state index >= 15 is 0 Å². The van der Waals surface area contributed by atoms with Crippen LogP contribution in [0.5, 0.6) is 0 Å². The molecular weight excluding hydrogens is 350 g/mol. The van der Waals surface area contributed by atoms with Crippen LogP contribution in [0, 0.1) is 13.8 Å². The van der Waals surface area contributed by atoms with Gasteiger partial charge in [-0.2, -0.15) is 0 Å². The van der Waals surface area contributed by atoms with Gasteiger partial charge in [0, 0.05) is 12.1 Å². The predicted molar refractivity (Wildman–Crippen MR) is 114 cm³/mol. The van der Waals surface area contributed by atoms with Gasteiger partial charge in [0.1, 0.15) is 5.82 Å². The van der Waals surface area contributed by atoms with Crippen LogP contribution in [-0.2, 0) is 11.3 Å². The zero-order chi connectivity index (χ0) is 20.1. The number of hydrogen-bond donors (Lipinski definition) is 4. The van der Waals surface area contributed by atoms with Gasteiger partial charge in [-0.15, -0.1) is 0 Å². The lowest BCUT2D eigenvalue weighted by Crippen LogP contribution is -2.40. The number of nitrogens with two attached hydrogens (primary N) is 2. The number of nitrogens with zero attached hydrogens (tertiary/aromatic N) is 1. The maximum atomic E-state index is 12.1. The molecule has 6 N–H and O–H groups in total. The van der Waals surface area contributed by atoms with Crippen LogP contribution in [0.2, 0.25) is 0 Å². The van der Waals surface area contributed by atoms with Crippen molar-refractivity contribution in [2.24, 2.45) is 11.5 Å². The van der Waals surface area contributed by atoms with Crippen molar-refractivity contribution in [3.05, 3.63) is 53.1 Å². The number of H-pyrrole nitrogens is 1. The van der Waals surface area contributed by atoms with E-state index in [1.165, 1.54) is 11.1 Å². The van der Waals surface area contributed by atoms with Gasteiger partial charge in [0.2, 0.25) is 5.91 Å². The molecule has 0 fully saturated rings. The highest BCUT2D eigenvalue weighted by Gasteiger charge is 2.12. The average molecular weight is 380 g/mol. The largest absolute Gasteiger partial charge is 0.351 e. The fourth-order valence-corrected chi connectivity index (χ4v) is 3.15. The van der Waals surface area contributed by atoms with E-state index < -0.39 is 6.04 Å². The van der Waals surface area contributed by atoms with E-state index in [0.717, 1.165) is 40.8 Å². The summed E-state index contributed by atoms with van der Waals surface area (Å²) in [6, 6.07) is 11.8. The van der Waals surface area contributed by atoms with Gasteiger partial charge in [0.05, 0.1) is 17.1 Å². The number of imidazole rings is 1. The predicted octanol–water partition coefficient (Wildman–Crippen LogP) is 2.92. The summed E-state index contributed by atoms with van der Waals surface area (Å²) in [5.41, 5.74) is 17.9. The SMILES string of the molecule is Cc1cc2nc(-c3ccc(CNC(=O)[C@@H](N)CCCCN)cc3)[nH]c2cc1C. The van der Waals surface area contributed by atoms with Crippen molar-refractivity contribution in [1.82, 2.24) is 15.3 Å². The highest BCUT2D eigenvalue weighted by molar-refractivity contribution is 5.82. The van der Waals surface area contributed by atoms with Crippen LogP contribution in [0.25, 0.3) is 22.4 Å². The topological polar surface area (TPSA) is 110 Å². The smallest absolute Gasteiger partial charge is 0.237 e. The zero-order valence-electron chi connectivity index (χ0n) is 16.6. The lowest BCUT2D eigenvalue weighted by Gasteiger charge is -2.12. The minimum Gasteiger partial charge on any atom is -0.351 e. The van der Waals surface area contributed by atoms with Crippen LogP contribution in [-0.4, -0.2) is 28.5 Å². The third-order valence-corrected chi connectivity index (χ3v) is 5.10. The highest BCUT2D eigenvalue weighted by atomic mass is 16.2. The van der Waals surface area contributed by atoms with Crippen molar-refractivity contribution in [1.29, 1.82) is 0 Å². The Balaban J connectivity index is 1.61. The van der Waals surface area contributed by atoms with Gasteiger partial charge >= 0.3 is 0 Å². The molecule has 0 saturated heterocycles. The number of nitrogens with one attached hydrogen (secondary N) is 2. The molecule has 0 spiro atoms. The number of amides is 1. The van der Waals surface area contributed by atoms with Gasteiger partial charge in [-0.05, 0) is 62.1 Å². The number of unbranched alkanes of at least 4 members (excludes halogenated alkanes) is 1. The standard InChI is InChI=1S/C22H29N5O/c1-14-11-19-20(12-15(14)2)27-21(26-19)17-8-6-16(7-9-17)13-25-22(28)18(24)5-3-4-10-23/h6-9,11-12,18H,3-5,10,13,23-24H2,1-2H3,(H,25,28)(H,26,27)/t18-/m0/s1. The second-order valence-electron chi connectivity index (χ2n) is 7.34. The van der Waals surface area contributed by atoms with Gasteiger partial charge in [-0.3, -0.25) is 4.79 Å². The van der Waals surface area contributed by atoms with E-state index in [-0.39, 0.29) is 5.91 Å². The van der Waals surface area contributed by atoms with Gasteiger partial charge in [0.15, 0.2) is 0 Å². The third-order valence-electron chi connectivity index (χ3n) is 5.10. The zero-order valence-corrected chi connectivity index (χ0v) is 16.6. The molecule has 6 heteroatoms. The fourth-order valence-electron chi connectivity index (χ4n) is 3.15. The number of carbonyl (C=O) groups excluding carboxylic acids is 1. The Bertz CT molecular complexity index is 906. The molecule has 28 heavy (non-hydrogen) atoms. The maximum absolute atomic E-state index is 12.1. The first kappa shape index (κ1) is 20.0. The van der Waals surface area contributed by atoms with Crippen LogP contribution >= 0.6 is 0 Å². The van der Waals surface area contributed by atoms with Crippen molar-refractivity contribution in [3.63, 3.8) is 0 Å². The average Bonchev–Trinajstić information content (AvgIpc) is 3.09. The molecule has 3 rings (SSSR count). The first-order valence-electron chi connectivity index (χ1n) is 9.77. The summed E-state index contributed by atoms with van der Waals surface area (Å²) in [6.07, 6.45) is 2.42. The molecule has 0 saturated carbocycles. The first-order chi connectivity index (χ1) is 13.5. The molecule has 1 atom stereocenters. The summed E-state index contributed by atoms with van der Waals surface area (Å²) >= 11 is 0. The number of aromatic amines is 1. The highest BCUT2D eigenvalue weighted by Crippen LogP contribution is 2.23. The number of aryl methyl sites for hydroxylation is 2. The van der Waals surface area contributed by atoms with Crippen LogP contribution < -0.4 is 16.8 Å². The summed E-state index contributed by atoms with van der Waals surface area (Å²) in [5, 5.41) is 2.90. The lowest BCUT2D eigenvalue weighted by atomic mass is 10.1. The van der Waals surface area contributed by atoms with Crippen molar-refractivity contribution < 1.29 is 4.79 Å². The summed E-state index contributed by atoms with van der Waals surface area (Å²) in [4.78, 5) is 20.2. The fraction of sp³-hybridized carbons (Fsp3) is 0.364. The van der Waals surface area contributed by atoms with E-state index in [9.17, 15) is 4.79 Å². The van der Waals surface area contributed by atoms with Crippen LogP contribution in [0.15, 0.2) is 36.4 Å². The van der Waals surface area contributed by atoms with Crippen molar-refractivity contribution >= 4 is 16.9 Å². The number of carbonyl (C=O) groups is 1. The van der Waals surface area contributed by atoms with E-state index in [1.54, 1.807) is 0 Å². The van der Waals surface area contributed by atoms with Crippen molar-refractivity contribution in [2.45, 2.75) is 45.7 Å². The molecular formula is C22H29N5O. The molecule has 2 aromatic carbocycles. The molecule has 0 radical (unpaired) electrons. The lowest BCUT2D eigenvalue weighted by molar-refractivity contribution is -0.122. The Morgan fingerprint density at radius 2 is 1.86 bits per heavy atom. The molecule has 0 aliphatic carbocycles. The molecule has 0 aliphatic rings. The summed E-state index contributed by atoms with van der Waals surface area (Å²) in [7, 11) is 0. The Hall–Kier alpha value is -2.70. The molecule has 0 aliphatic heterocycles. The number of benzene rings is 2. The Kier molecular flexibility index (Phi) is 6.44. The summed E-state index contributed by atoms with van der Waals surface area (Å²) < 4.78 is 0. The third kappa shape index (κ3) is 4.77. The second kappa shape index (κ2) is 8.99. The molecule has 1 amide bonds. The van der Waals surface area contributed by atoms with Gasteiger partial charge in [-0.25, -0.2) is 4.98 Å². The Morgan fingerprint density at radius 1 is 1.14 bits per heavy atom. The van der Waals surface area contributed by atoms with E-state index in [4.69, 9.17) is 16.5 Å². The van der Waals surface area contributed by atoms with E-state index in [0.29, 0.717) is 19.5 Å². The molecule has 148 valence electrons. The van der Waals surface area contributed by atoms with Gasteiger partial charge in [-0.1, -0.05) is 30.7 Å². The first-order valence-corrected chi connectivity index (χ1v) is 9.77. The number of hydrogen-bond acceptors (Lipinski definition) is 4. The van der Waals surface area contributed by atoms with Crippen molar-refractivity contribution in [2.75, 3.05) is 6.54 Å². The quantitative estimate of drug-likeness (QED) is 0.451. The summed E-state index contributed by atoms with van der Waals surface area (Å²) in [6.45, 7) is 5.28. The molecule has 0 bridgehead atoms. The van der Waals surface area contributed by atoms with Crippen LogP contribution in [0.4, 0.5) is 0 Å². The van der Waals surface area contributed by atoms with Crippen LogP contribution in [0.1, 0.15) is 36.0 Å². The number of fused-ring (bicyclic) bond motifs is 1. The van der Waals surface area contributed by atoms with Gasteiger partial charge < -0.3 is 21.8 Å². The second-order valence-corrected chi connectivity index (χ2v) is 7.34. The minimum absolute atomic E-state index is 0.121. The Morgan fingerprint density at radius 3 is 2.57 bits per heavy atom. The van der Waals surface area contributed by atoms with E-state index in [2.05, 4.69) is 36.3 Å². The van der Waals surface area contributed by atoms with Crippen LogP contribution in [0.3, 0.4) is 0 Å². The molecule has 1 aromatic heterocycles. The summed E-state index contributed by atoms with van der Waals surface area (Å²) in [5.74, 6) is 0.724. The molecule has 3 aromatic rings. The number of rotatable bonds is 8. The molecule has 0 unspecified atom stereocenters. The van der Waals surface area contributed by atoms with E-state index in [1.807, 2.05) is 24.3 Å². The Labute approximate surface area is 165 Å². The normalized spacial score (nSPS) is 12.3. The maximum Gasteiger partial charge on any atom is 0.237 e. The molecule has 1 heterocycles. The van der Waals surface area contributed by atoms with Crippen molar-refractivity contribution in [3.8, 4) is 11.4 Å². The number of aromatic nitrogens is 2. The van der Waals surface area contributed by atoms with Gasteiger partial charge in [0.25, 0.3) is 0 Å². The molecule has 6 nitrogen and oxygen atoms in total. The monoisotopic (exact) mass is 379 g/mol. The minimum atomic E-state index is -0.478.